The molecule has 2 amide bonds. The van der Waals surface area contributed by atoms with E-state index in [4.69, 9.17) is 9.47 Å². The van der Waals surface area contributed by atoms with E-state index < -0.39 is 5.97 Å². The summed E-state index contributed by atoms with van der Waals surface area (Å²) < 4.78 is 9.91. The fraction of sp³-hybridized carbons (Fsp3) is 0.150. The molecule has 0 saturated carbocycles. The molecule has 0 fully saturated rings. The molecule has 0 radical (unpaired) electrons. The average Bonchev–Trinajstić information content (AvgIpc) is 3.20. The first-order valence-electron chi connectivity index (χ1n) is 8.41. The van der Waals surface area contributed by atoms with Crippen LogP contribution >= 0.6 is 11.3 Å². The van der Waals surface area contributed by atoms with Crippen LogP contribution in [0.3, 0.4) is 0 Å². The standard InChI is InChI=1S/C20H19N3O4S/c1-26-17-9-8-13(10-15(17)18(24)27-2)11-21-19(25)23-20-22-16(12-28-20)14-6-4-3-5-7-14/h3-10,12H,11H2,1-2H3,(H2,21,22,23,25). The molecule has 144 valence electrons. The van der Waals surface area contributed by atoms with Crippen molar-refractivity contribution in [1.82, 2.24) is 10.3 Å². The Hall–Kier alpha value is -3.39. The van der Waals surface area contributed by atoms with Crippen molar-refractivity contribution in [3.8, 4) is 17.0 Å². The minimum absolute atomic E-state index is 0.233. The van der Waals surface area contributed by atoms with Gasteiger partial charge in [0.05, 0.1) is 19.9 Å². The first-order chi connectivity index (χ1) is 13.6. The lowest BCUT2D eigenvalue weighted by molar-refractivity contribution is 0.0597. The van der Waals surface area contributed by atoms with Crippen molar-refractivity contribution in [1.29, 1.82) is 0 Å². The van der Waals surface area contributed by atoms with Gasteiger partial charge in [0.15, 0.2) is 5.13 Å². The molecule has 0 unspecified atom stereocenters. The molecule has 8 heteroatoms. The molecule has 0 saturated heterocycles. The van der Waals surface area contributed by atoms with E-state index >= 15 is 0 Å². The third-order valence-electron chi connectivity index (χ3n) is 3.92. The van der Waals surface area contributed by atoms with Crippen LogP contribution in [0.5, 0.6) is 5.75 Å². The number of anilines is 1. The molecule has 28 heavy (non-hydrogen) atoms. The Balaban J connectivity index is 1.60. The number of hydrogen-bond donors (Lipinski definition) is 2. The molecular weight excluding hydrogens is 378 g/mol. The van der Waals surface area contributed by atoms with Gasteiger partial charge in [0.25, 0.3) is 0 Å². The van der Waals surface area contributed by atoms with Gasteiger partial charge in [-0.1, -0.05) is 36.4 Å². The highest BCUT2D eigenvalue weighted by atomic mass is 32.1. The number of esters is 1. The molecule has 1 heterocycles. The lowest BCUT2D eigenvalue weighted by Gasteiger charge is -2.10. The zero-order valence-electron chi connectivity index (χ0n) is 15.4. The van der Waals surface area contributed by atoms with Crippen molar-refractivity contribution in [2.24, 2.45) is 0 Å². The molecule has 0 atom stereocenters. The third kappa shape index (κ3) is 4.66. The van der Waals surface area contributed by atoms with Crippen LogP contribution in [0.1, 0.15) is 15.9 Å². The van der Waals surface area contributed by atoms with Gasteiger partial charge in [-0.2, -0.15) is 0 Å². The van der Waals surface area contributed by atoms with Crippen molar-refractivity contribution < 1.29 is 19.1 Å². The Morgan fingerprint density at radius 2 is 1.89 bits per heavy atom. The SMILES string of the molecule is COC(=O)c1cc(CNC(=O)Nc2nc(-c3ccccc3)cs2)ccc1OC. The molecule has 3 rings (SSSR count). The second-order valence-electron chi connectivity index (χ2n) is 5.74. The van der Waals surface area contributed by atoms with Gasteiger partial charge in [-0.25, -0.2) is 14.6 Å². The molecule has 0 aliphatic carbocycles. The molecule has 0 aliphatic rings. The fourth-order valence-electron chi connectivity index (χ4n) is 2.53. The maximum atomic E-state index is 12.2. The first-order valence-corrected chi connectivity index (χ1v) is 9.29. The maximum absolute atomic E-state index is 12.2. The number of benzene rings is 2. The summed E-state index contributed by atoms with van der Waals surface area (Å²) in [5, 5.41) is 7.84. The smallest absolute Gasteiger partial charge is 0.341 e. The number of methoxy groups -OCH3 is 2. The molecule has 2 N–H and O–H groups in total. The van der Waals surface area contributed by atoms with E-state index in [1.807, 2.05) is 35.7 Å². The largest absolute Gasteiger partial charge is 0.496 e. The fourth-order valence-corrected chi connectivity index (χ4v) is 3.25. The predicted octanol–water partition coefficient (Wildman–Crippen LogP) is 3.93. The van der Waals surface area contributed by atoms with Gasteiger partial charge >= 0.3 is 12.0 Å². The second-order valence-corrected chi connectivity index (χ2v) is 6.60. The van der Waals surface area contributed by atoms with Crippen molar-refractivity contribution in [3.63, 3.8) is 0 Å². The summed E-state index contributed by atoms with van der Waals surface area (Å²) in [5.74, 6) is -0.0874. The van der Waals surface area contributed by atoms with Gasteiger partial charge in [0.1, 0.15) is 11.3 Å². The molecule has 1 aromatic heterocycles. The highest BCUT2D eigenvalue weighted by Crippen LogP contribution is 2.24. The number of urea groups is 1. The van der Waals surface area contributed by atoms with Gasteiger partial charge in [0, 0.05) is 17.5 Å². The summed E-state index contributed by atoms with van der Waals surface area (Å²) in [4.78, 5) is 28.4. The number of thiazole rings is 1. The monoisotopic (exact) mass is 397 g/mol. The number of ether oxygens (including phenoxy) is 2. The average molecular weight is 397 g/mol. The van der Waals surface area contributed by atoms with E-state index in [2.05, 4.69) is 15.6 Å². The Kier molecular flexibility index (Phi) is 6.23. The van der Waals surface area contributed by atoms with E-state index in [0.717, 1.165) is 16.8 Å². The number of nitrogens with zero attached hydrogens (tertiary/aromatic N) is 1. The van der Waals surface area contributed by atoms with Crippen LogP contribution in [0.25, 0.3) is 11.3 Å². The maximum Gasteiger partial charge on any atom is 0.341 e. The molecule has 0 bridgehead atoms. The Morgan fingerprint density at radius 3 is 2.61 bits per heavy atom. The van der Waals surface area contributed by atoms with Crippen LogP contribution in [0.2, 0.25) is 0 Å². The van der Waals surface area contributed by atoms with E-state index in [0.29, 0.717) is 16.4 Å². The summed E-state index contributed by atoms with van der Waals surface area (Å²) >= 11 is 1.35. The lowest BCUT2D eigenvalue weighted by atomic mass is 10.1. The quantitative estimate of drug-likeness (QED) is 0.615. The molecule has 3 aromatic rings. The first kappa shape index (κ1) is 19.4. The third-order valence-corrected chi connectivity index (χ3v) is 4.67. The summed E-state index contributed by atoms with van der Waals surface area (Å²) in [7, 11) is 2.78. The van der Waals surface area contributed by atoms with Crippen LogP contribution in [0, 0.1) is 0 Å². The zero-order valence-corrected chi connectivity index (χ0v) is 16.2. The molecule has 0 spiro atoms. The van der Waals surface area contributed by atoms with Crippen LogP contribution in [0.15, 0.2) is 53.9 Å². The van der Waals surface area contributed by atoms with E-state index in [-0.39, 0.29) is 12.6 Å². The summed E-state index contributed by atoms with van der Waals surface area (Å²) in [6.45, 7) is 0.233. The number of aromatic nitrogens is 1. The predicted molar refractivity (Wildman–Crippen MR) is 108 cm³/mol. The Bertz CT molecular complexity index is 973. The molecular formula is C20H19N3O4S. The Morgan fingerprint density at radius 1 is 1.11 bits per heavy atom. The van der Waals surface area contributed by atoms with Crippen molar-refractivity contribution in [2.75, 3.05) is 19.5 Å². The molecule has 7 nitrogen and oxygen atoms in total. The summed E-state index contributed by atoms with van der Waals surface area (Å²) in [6, 6.07) is 14.4. The number of hydrogen-bond acceptors (Lipinski definition) is 6. The second kappa shape index (κ2) is 9.01. The van der Waals surface area contributed by atoms with E-state index in [1.165, 1.54) is 25.6 Å². The van der Waals surface area contributed by atoms with Gasteiger partial charge in [0.2, 0.25) is 0 Å². The Labute approximate surface area is 166 Å². The van der Waals surface area contributed by atoms with Crippen LogP contribution < -0.4 is 15.4 Å². The van der Waals surface area contributed by atoms with Gasteiger partial charge < -0.3 is 14.8 Å². The van der Waals surface area contributed by atoms with Crippen molar-refractivity contribution >= 4 is 28.5 Å². The summed E-state index contributed by atoms with van der Waals surface area (Å²) in [6.07, 6.45) is 0. The van der Waals surface area contributed by atoms with Crippen molar-refractivity contribution in [2.45, 2.75) is 6.54 Å². The van der Waals surface area contributed by atoms with Crippen LogP contribution in [0.4, 0.5) is 9.93 Å². The highest BCUT2D eigenvalue weighted by Gasteiger charge is 2.14. The van der Waals surface area contributed by atoms with E-state index in [1.54, 1.807) is 18.2 Å². The zero-order chi connectivity index (χ0) is 19.9. The molecule has 2 aromatic carbocycles. The summed E-state index contributed by atoms with van der Waals surface area (Å²) in [5.41, 5.74) is 2.83. The number of carbonyl (C=O) groups excluding carboxylic acids is 2. The van der Waals surface area contributed by atoms with E-state index in [9.17, 15) is 9.59 Å². The normalized spacial score (nSPS) is 10.2. The van der Waals surface area contributed by atoms with Gasteiger partial charge in [-0.15, -0.1) is 11.3 Å². The minimum Gasteiger partial charge on any atom is -0.496 e. The van der Waals surface area contributed by atoms with Gasteiger partial charge in [-0.3, -0.25) is 5.32 Å². The number of rotatable bonds is 6. The van der Waals surface area contributed by atoms with Gasteiger partial charge in [-0.05, 0) is 17.7 Å². The van der Waals surface area contributed by atoms with Crippen LogP contribution in [-0.2, 0) is 11.3 Å². The van der Waals surface area contributed by atoms with Crippen molar-refractivity contribution in [3.05, 3.63) is 65.0 Å². The minimum atomic E-state index is -0.501. The number of amides is 2. The number of carbonyl (C=O) groups is 2. The molecule has 0 aliphatic heterocycles. The van der Waals surface area contributed by atoms with Crippen LogP contribution in [-0.4, -0.2) is 31.2 Å². The number of nitrogens with one attached hydrogen (secondary N) is 2. The highest BCUT2D eigenvalue weighted by molar-refractivity contribution is 7.14. The topological polar surface area (TPSA) is 89.5 Å². The lowest BCUT2D eigenvalue weighted by Crippen LogP contribution is -2.28.